The standard InChI is InChI=1S/C15H13N5O5S/c1-2-24-11(21)5-8-13-12(9-3-4-10(26-9)20(22)23)7(6-16)14(17)25-15(13)19-18-8/h3-4,12H,2,5,17H2,1H3,(H,18,19). The smallest absolute Gasteiger partial charge is 0.324 e. The lowest BCUT2D eigenvalue weighted by molar-refractivity contribution is -0.380. The number of H-pyrrole nitrogens is 1. The Bertz CT molecular complexity index is 954. The molecule has 11 heteroatoms. The average Bonchev–Trinajstić information content (AvgIpc) is 3.21. The molecule has 0 amide bonds. The Morgan fingerprint density at radius 3 is 3.00 bits per heavy atom. The van der Waals surface area contributed by atoms with E-state index < -0.39 is 16.8 Å². The van der Waals surface area contributed by atoms with Gasteiger partial charge in [-0.05, 0) is 13.0 Å². The lowest BCUT2D eigenvalue weighted by Gasteiger charge is -2.22. The lowest BCUT2D eigenvalue weighted by atomic mass is 9.88. The van der Waals surface area contributed by atoms with Gasteiger partial charge >= 0.3 is 11.0 Å². The van der Waals surface area contributed by atoms with E-state index >= 15 is 0 Å². The van der Waals surface area contributed by atoms with Gasteiger partial charge in [-0.15, -0.1) is 5.10 Å². The number of esters is 1. The van der Waals surface area contributed by atoms with Crippen molar-refractivity contribution in [3.63, 3.8) is 0 Å². The summed E-state index contributed by atoms with van der Waals surface area (Å²) in [4.78, 5) is 22.9. The maximum absolute atomic E-state index is 11.8. The Labute approximate surface area is 151 Å². The highest BCUT2D eigenvalue weighted by Crippen LogP contribution is 2.45. The monoisotopic (exact) mass is 375 g/mol. The summed E-state index contributed by atoms with van der Waals surface area (Å²) in [7, 11) is 0. The molecule has 0 saturated heterocycles. The molecule has 26 heavy (non-hydrogen) atoms. The van der Waals surface area contributed by atoms with Crippen molar-refractivity contribution in [2.45, 2.75) is 19.3 Å². The maximum Gasteiger partial charge on any atom is 0.324 e. The van der Waals surface area contributed by atoms with Crippen molar-refractivity contribution in [3.8, 4) is 11.9 Å². The summed E-state index contributed by atoms with van der Waals surface area (Å²) in [5.74, 6) is -1.20. The maximum atomic E-state index is 11.8. The van der Waals surface area contributed by atoms with Gasteiger partial charge in [-0.1, -0.05) is 11.3 Å². The van der Waals surface area contributed by atoms with E-state index in [9.17, 15) is 20.2 Å². The van der Waals surface area contributed by atoms with Crippen LogP contribution >= 0.6 is 11.3 Å². The number of nitriles is 1. The SMILES string of the molecule is CCOC(=O)Cc1[nH]nc2c1C(c1ccc([N+](=O)[O-])s1)C(C#N)=C(N)O2. The summed E-state index contributed by atoms with van der Waals surface area (Å²) in [6.07, 6.45) is -0.109. The number of nitrogens with one attached hydrogen (secondary N) is 1. The molecule has 3 rings (SSSR count). The minimum absolute atomic E-state index is 0.0701. The zero-order valence-electron chi connectivity index (χ0n) is 13.5. The van der Waals surface area contributed by atoms with E-state index in [1.807, 2.05) is 6.07 Å². The Morgan fingerprint density at radius 2 is 2.38 bits per heavy atom. The zero-order chi connectivity index (χ0) is 18.8. The number of thiophene rings is 1. The van der Waals surface area contributed by atoms with E-state index in [0.29, 0.717) is 16.1 Å². The number of ether oxygens (including phenoxy) is 2. The average molecular weight is 375 g/mol. The fourth-order valence-corrected chi connectivity index (χ4v) is 3.62. The predicted octanol–water partition coefficient (Wildman–Crippen LogP) is 1.70. The first-order valence-electron chi connectivity index (χ1n) is 7.50. The number of aromatic amines is 1. The van der Waals surface area contributed by atoms with E-state index in [-0.39, 0.29) is 35.4 Å². The predicted molar refractivity (Wildman–Crippen MR) is 89.2 cm³/mol. The fraction of sp³-hybridized carbons (Fsp3) is 0.267. The van der Waals surface area contributed by atoms with Gasteiger partial charge in [0.25, 0.3) is 0 Å². The highest BCUT2D eigenvalue weighted by molar-refractivity contribution is 7.15. The minimum Gasteiger partial charge on any atom is -0.466 e. The molecule has 3 heterocycles. The number of fused-ring (bicyclic) bond motifs is 1. The molecule has 3 N–H and O–H groups in total. The molecule has 2 aromatic heterocycles. The molecule has 1 atom stereocenters. The van der Waals surface area contributed by atoms with Gasteiger partial charge in [-0.3, -0.25) is 20.0 Å². The number of hydrogen-bond acceptors (Lipinski definition) is 9. The highest BCUT2D eigenvalue weighted by atomic mass is 32.1. The topological polar surface area (TPSA) is 157 Å². The van der Waals surface area contributed by atoms with Crippen molar-refractivity contribution in [3.05, 3.63) is 49.8 Å². The van der Waals surface area contributed by atoms with Gasteiger partial charge in [-0.25, -0.2) is 0 Å². The van der Waals surface area contributed by atoms with Crippen LogP contribution in [-0.2, 0) is 16.0 Å². The molecular weight excluding hydrogens is 362 g/mol. The highest BCUT2D eigenvalue weighted by Gasteiger charge is 2.37. The van der Waals surface area contributed by atoms with Crippen LogP contribution in [0.5, 0.6) is 5.88 Å². The molecule has 134 valence electrons. The van der Waals surface area contributed by atoms with E-state index in [2.05, 4.69) is 10.2 Å². The normalized spacial score (nSPS) is 15.8. The van der Waals surface area contributed by atoms with Gasteiger partial charge in [0, 0.05) is 10.9 Å². The Hall–Kier alpha value is -3.39. The first-order chi connectivity index (χ1) is 12.5. The number of carbonyl (C=O) groups excluding carboxylic acids is 1. The van der Waals surface area contributed by atoms with Crippen LogP contribution in [0.4, 0.5) is 5.00 Å². The number of rotatable bonds is 5. The van der Waals surface area contributed by atoms with Gasteiger partial charge in [0.2, 0.25) is 11.8 Å². The molecule has 0 aromatic carbocycles. The van der Waals surface area contributed by atoms with E-state index in [1.165, 1.54) is 6.07 Å². The third-order valence-electron chi connectivity index (χ3n) is 3.72. The molecule has 0 radical (unpaired) electrons. The molecule has 1 unspecified atom stereocenters. The molecular formula is C15H13N5O5S. The van der Waals surface area contributed by atoms with Crippen LogP contribution in [0.15, 0.2) is 23.6 Å². The van der Waals surface area contributed by atoms with Gasteiger partial charge in [0.1, 0.15) is 11.6 Å². The van der Waals surface area contributed by atoms with Crippen molar-refractivity contribution in [2.24, 2.45) is 5.73 Å². The molecule has 0 bridgehead atoms. The summed E-state index contributed by atoms with van der Waals surface area (Å²) in [6.45, 7) is 1.91. The third kappa shape index (κ3) is 2.98. The van der Waals surface area contributed by atoms with Crippen LogP contribution in [0.3, 0.4) is 0 Å². The lowest BCUT2D eigenvalue weighted by Crippen LogP contribution is -2.21. The third-order valence-corrected chi connectivity index (χ3v) is 4.82. The Morgan fingerprint density at radius 1 is 1.62 bits per heavy atom. The first-order valence-corrected chi connectivity index (χ1v) is 8.32. The fourth-order valence-electron chi connectivity index (χ4n) is 2.68. The number of hydrogen-bond donors (Lipinski definition) is 2. The van der Waals surface area contributed by atoms with Crippen LogP contribution in [0.1, 0.15) is 29.0 Å². The second-order valence-corrected chi connectivity index (χ2v) is 6.35. The molecule has 2 aromatic rings. The van der Waals surface area contributed by atoms with E-state index in [1.54, 1.807) is 13.0 Å². The summed E-state index contributed by atoms with van der Waals surface area (Å²) < 4.78 is 10.3. The second-order valence-electron chi connectivity index (χ2n) is 5.26. The molecule has 10 nitrogen and oxygen atoms in total. The summed E-state index contributed by atoms with van der Waals surface area (Å²) >= 11 is 0.920. The van der Waals surface area contributed by atoms with Crippen LogP contribution in [-0.4, -0.2) is 27.7 Å². The number of carbonyl (C=O) groups is 1. The first kappa shape index (κ1) is 17.4. The van der Waals surface area contributed by atoms with Gasteiger partial charge < -0.3 is 15.2 Å². The van der Waals surface area contributed by atoms with Gasteiger partial charge in [0.05, 0.1) is 35.1 Å². The molecule has 0 spiro atoms. The van der Waals surface area contributed by atoms with Crippen LogP contribution in [0.2, 0.25) is 0 Å². The Kier molecular flexibility index (Phi) is 4.59. The zero-order valence-corrected chi connectivity index (χ0v) is 14.3. The molecule has 0 fully saturated rings. The quantitative estimate of drug-likeness (QED) is 0.454. The number of nitro groups is 1. The number of nitrogens with zero attached hydrogens (tertiary/aromatic N) is 3. The van der Waals surface area contributed by atoms with Crippen molar-refractivity contribution >= 4 is 22.3 Å². The number of nitrogens with two attached hydrogens (primary N) is 1. The van der Waals surface area contributed by atoms with Gasteiger partial charge in [0.15, 0.2) is 0 Å². The molecule has 1 aliphatic heterocycles. The van der Waals surface area contributed by atoms with Crippen LogP contribution in [0, 0.1) is 21.4 Å². The number of allylic oxidation sites excluding steroid dienone is 1. The summed E-state index contributed by atoms with van der Waals surface area (Å²) in [6, 6.07) is 4.89. The molecule has 0 saturated carbocycles. The molecule has 1 aliphatic rings. The second kappa shape index (κ2) is 6.85. The van der Waals surface area contributed by atoms with Crippen molar-refractivity contribution in [1.29, 1.82) is 5.26 Å². The minimum atomic E-state index is -0.717. The van der Waals surface area contributed by atoms with Crippen molar-refractivity contribution in [2.75, 3.05) is 6.61 Å². The summed E-state index contributed by atoms with van der Waals surface area (Å²) in [5.41, 5.74) is 6.76. The van der Waals surface area contributed by atoms with Crippen LogP contribution in [0.25, 0.3) is 0 Å². The summed E-state index contributed by atoms with van der Waals surface area (Å²) in [5, 5.41) is 27.1. The van der Waals surface area contributed by atoms with E-state index in [4.69, 9.17) is 15.2 Å². The van der Waals surface area contributed by atoms with Crippen molar-refractivity contribution in [1.82, 2.24) is 10.2 Å². The van der Waals surface area contributed by atoms with Crippen molar-refractivity contribution < 1.29 is 19.2 Å². The number of aromatic nitrogens is 2. The van der Waals surface area contributed by atoms with E-state index in [0.717, 1.165) is 11.3 Å². The van der Waals surface area contributed by atoms with Gasteiger partial charge in [-0.2, -0.15) is 5.26 Å². The molecule has 0 aliphatic carbocycles. The Balaban J connectivity index is 2.10. The van der Waals surface area contributed by atoms with Crippen LogP contribution < -0.4 is 10.5 Å². The largest absolute Gasteiger partial charge is 0.466 e.